The molecule has 2 aliphatic rings. The molecule has 18 heavy (non-hydrogen) atoms. The van der Waals surface area contributed by atoms with Crippen molar-refractivity contribution >= 4 is 34.2 Å². The Bertz CT molecular complexity index is 607. The Morgan fingerprint density at radius 2 is 1.44 bits per heavy atom. The summed E-state index contributed by atoms with van der Waals surface area (Å²) in [6.45, 7) is 0. The fourth-order valence-corrected chi connectivity index (χ4v) is 1.99. The minimum absolute atomic E-state index is 0.0419. The first-order chi connectivity index (χ1) is 8.58. The molecule has 0 radical (unpaired) electrons. The van der Waals surface area contributed by atoms with E-state index in [1.54, 1.807) is 6.07 Å². The molecule has 0 aromatic heterocycles. The molecule has 3 nitrogen and oxygen atoms in total. The SMILES string of the molecule is O=[SH](=O)Oc1cccc(Cl)c1Cl.c1cc2ccc1-2. The van der Waals surface area contributed by atoms with Gasteiger partial charge in [0.15, 0.2) is 5.75 Å². The first-order valence-electron chi connectivity index (χ1n) is 4.95. The van der Waals surface area contributed by atoms with Crippen LogP contribution in [0.5, 0.6) is 5.75 Å². The molecular weight excluding hydrogens is 295 g/mol. The first-order valence-corrected chi connectivity index (χ1v) is 6.80. The molecule has 0 aliphatic heterocycles. The molecule has 0 fully saturated rings. The highest BCUT2D eigenvalue weighted by molar-refractivity contribution is 7.67. The van der Waals surface area contributed by atoms with Crippen LogP contribution in [0.2, 0.25) is 10.0 Å². The highest BCUT2D eigenvalue weighted by Crippen LogP contribution is 2.31. The summed E-state index contributed by atoms with van der Waals surface area (Å²) in [5.41, 5.74) is 2.85. The molecule has 94 valence electrons. The van der Waals surface area contributed by atoms with Gasteiger partial charge in [-0.05, 0) is 23.3 Å². The van der Waals surface area contributed by atoms with Gasteiger partial charge in [0.25, 0.3) is 11.0 Å². The van der Waals surface area contributed by atoms with Crippen LogP contribution < -0.4 is 4.18 Å². The molecule has 6 heteroatoms. The maximum Gasteiger partial charge on any atom is 0.299 e. The third kappa shape index (κ3) is 2.96. The molecule has 0 bridgehead atoms. The topological polar surface area (TPSA) is 43.4 Å². The summed E-state index contributed by atoms with van der Waals surface area (Å²) in [5.74, 6) is 0.0419. The van der Waals surface area contributed by atoms with Crippen LogP contribution in [-0.2, 0) is 11.0 Å². The van der Waals surface area contributed by atoms with E-state index in [1.807, 2.05) is 0 Å². The lowest BCUT2D eigenvalue weighted by Gasteiger charge is -2.10. The second-order valence-corrected chi connectivity index (χ2v) is 4.86. The van der Waals surface area contributed by atoms with E-state index in [-0.39, 0.29) is 15.8 Å². The van der Waals surface area contributed by atoms with E-state index in [1.165, 1.54) is 23.3 Å². The van der Waals surface area contributed by atoms with Crippen LogP contribution in [-0.4, -0.2) is 8.42 Å². The van der Waals surface area contributed by atoms with Gasteiger partial charge in [-0.1, -0.05) is 53.5 Å². The monoisotopic (exact) mass is 302 g/mol. The predicted octanol–water partition coefficient (Wildman–Crippen LogP) is 3.57. The first kappa shape index (κ1) is 13.2. The zero-order valence-corrected chi connectivity index (χ0v) is 11.4. The quantitative estimate of drug-likeness (QED) is 0.736. The molecule has 0 heterocycles. The summed E-state index contributed by atoms with van der Waals surface area (Å²) in [6.07, 6.45) is 0. The normalized spacial score (nSPS) is 10.6. The average Bonchev–Trinajstić information content (AvgIpc) is 2.30. The van der Waals surface area contributed by atoms with Crippen molar-refractivity contribution in [1.82, 2.24) is 0 Å². The van der Waals surface area contributed by atoms with Crippen molar-refractivity contribution in [3.63, 3.8) is 0 Å². The van der Waals surface area contributed by atoms with Crippen molar-refractivity contribution in [2.24, 2.45) is 0 Å². The van der Waals surface area contributed by atoms with Gasteiger partial charge in [-0.15, -0.1) is 0 Å². The fraction of sp³-hybridized carbons (Fsp3) is 0. The van der Waals surface area contributed by atoms with Crippen molar-refractivity contribution in [2.45, 2.75) is 0 Å². The Hall–Kier alpha value is -1.23. The van der Waals surface area contributed by atoms with Crippen molar-refractivity contribution < 1.29 is 12.6 Å². The van der Waals surface area contributed by atoms with E-state index in [9.17, 15) is 8.42 Å². The molecule has 0 N–H and O–H groups in total. The number of fused-ring (bicyclic) bond motifs is 1. The maximum absolute atomic E-state index is 10.1. The fourth-order valence-electron chi connectivity index (χ4n) is 1.30. The number of halogens is 2. The maximum atomic E-state index is 10.1. The van der Waals surface area contributed by atoms with Crippen molar-refractivity contribution in [3.05, 3.63) is 52.5 Å². The number of hydrogen-bond donors (Lipinski definition) is 1. The minimum atomic E-state index is -2.95. The third-order valence-electron chi connectivity index (χ3n) is 2.31. The smallest absolute Gasteiger partial charge is 0.299 e. The van der Waals surface area contributed by atoms with Gasteiger partial charge in [-0.3, -0.25) is 0 Å². The molecule has 3 rings (SSSR count). The Labute approximate surface area is 116 Å². The second kappa shape index (κ2) is 5.61. The van der Waals surface area contributed by atoms with Gasteiger partial charge in [0, 0.05) is 0 Å². The lowest BCUT2D eigenvalue weighted by Crippen LogP contribution is -1.90. The van der Waals surface area contributed by atoms with Gasteiger partial charge in [-0.2, -0.15) is 8.42 Å². The number of benzene rings is 2. The summed E-state index contributed by atoms with van der Waals surface area (Å²) in [6, 6.07) is 13.0. The van der Waals surface area contributed by atoms with E-state index in [4.69, 9.17) is 23.2 Å². The van der Waals surface area contributed by atoms with Crippen LogP contribution in [0.3, 0.4) is 0 Å². The van der Waals surface area contributed by atoms with Gasteiger partial charge in [0.1, 0.15) is 5.02 Å². The summed E-state index contributed by atoms with van der Waals surface area (Å²) >= 11 is 11.2. The highest BCUT2D eigenvalue weighted by Gasteiger charge is 2.05. The Morgan fingerprint density at radius 1 is 0.889 bits per heavy atom. The average molecular weight is 303 g/mol. The van der Waals surface area contributed by atoms with Gasteiger partial charge in [0.2, 0.25) is 0 Å². The lowest BCUT2D eigenvalue weighted by atomic mass is 9.95. The molecule has 0 saturated heterocycles. The molecule has 0 spiro atoms. The second-order valence-electron chi connectivity index (χ2n) is 3.44. The summed E-state index contributed by atoms with van der Waals surface area (Å²) < 4.78 is 24.7. The Balaban J connectivity index is 0.000000164. The highest BCUT2D eigenvalue weighted by atomic mass is 35.5. The summed E-state index contributed by atoms with van der Waals surface area (Å²) in [5, 5.41) is 0.351. The van der Waals surface area contributed by atoms with E-state index >= 15 is 0 Å². The molecule has 1 aromatic rings. The van der Waals surface area contributed by atoms with Gasteiger partial charge in [-0.25, -0.2) is 0 Å². The summed E-state index contributed by atoms with van der Waals surface area (Å²) in [7, 11) is -2.95. The molecule has 0 unspecified atom stereocenters. The standard InChI is InChI=1S/C6H4Cl2O3S.C6H4/c7-4-2-1-3-5(6(4)8)11-12(9)10;1-2-6-4-3-5(1)6/h1-3,12H;1-4H. The molecule has 0 amide bonds. The van der Waals surface area contributed by atoms with Crippen molar-refractivity contribution in [3.8, 4) is 16.9 Å². The predicted molar refractivity (Wildman–Crippen MR) is 72.8 cm³/mol. The molecule has 0 saturated carbocycles. The van der Waals surface area contributed by atoms with Crippen molar-refractivity contribution in [1.29, 1.82) is 0 Å². The largest absolute Gasteiger partial charge is 0.383 e. The van der Waals surface area contributed by atoms with Crippen LogP contribution in [0.1, 0.15) is 0 Å². The molecule has 2 aliphatic carbocycles. The van der Waals surface area contributed by atoms with E-state index in [2.05, 4.69) is 28.4 Å². The molecule has 0 atom stereocenters. The van der Waals surface area contributed by atoms with Crippen LogP contribution in [0.25, 0.3) is 11.1 Å². The number of rotatable bonds is 2. The van der Waals surface area contributed by atoms with Gasteiger partial charge < -0.3 is 4.18 Å². The number of thiol groups is 1. The van der Waals surface area contributed by atoms with Crippen LogP contribution in [0, 0.1) is 0 Å². The summed E-state index contributed by atoms with van der Waals surface area (Å²) in [4.78, 5) is 0. The van der Waals surface area contributed by atoms with Gasteiger partial charge in [0.05, 0.1) is 5.02 Å². The zero-order chi connectivity index (χ0) is 13.1. The van der Waals surface area contributed by atoms with Crippen molar-refractivity contribution in [2.75, 3.05) is 0 Å². The van der Waals surface area contributed by atoms with Crippen LogP contribution >= 0.6 is 23.2 Å². The third-order valence-corrected chi connectivity index (χ3v) is 3.45. The molecule has 1 aromatic carbocycles. The minimum Gasteiger partial charge on any atom is -0.383 e. The Morgan fingerprint density at radius 3 is 1.83 bits per heavy atom. The molecular formula is C12H8Cl2O3S. The zero-order valence-electron chi connectivity index (χ0n) is 8.97. The van der Waals surface area contributed by atoms with E-state index in [0.29, 0.717) is 0 Å². The van der Waals surface area contributed by atoms with Crippen LogP contribution in [0.4, 0.5) is 0 Å². The Kier molecular flexibility index (Phi) is 4.11. The lowest BCUT2D eigenvalue weighted by molar-refractivity contribution is 0.511. The van der Waals surface area contributed by atoms with Crippen LogP contribution in [0.15, 0.2) is 42.5 Å². The van der Waals surface area contributed by atoms with Gasteiger partial charge >= 0.3 is 0 Å². The number of hydrogen-bond acceptors (Lipinski definition) is 3. The van der Waals surface area contributed by atoms with E-state index in [0.717, 1.165) is 0 Å². The van der Waals surface area contributed by atoms with E-state index < -0.39 is 11.0 Å².